The molecule has 0 amide bonds. The Balaban J connectivity index is 1.96. The van der Waals surface area contributed by atoms with Gasteiger partial charge in [-0.2, -0.15) is 5.26 Å². The van der Waals surface area contributed by atoms with Crippen LogP contribution >= 0.6 is 0 Å². The van der Waals surface area contributed by atoms with E-state index in [2.05, 4.69) is 60.8 Å². The van der Waals surface area contributed by atoms with Crippen LogP contribution in [0.5, 0.6) is 0 Å². The molecule has 0 aromatic heterocycles. The molecule has 2 aromatic carbocycles. The minimum absolute atomic E-state index is 0.0797. The van der Waals surface area contributed by atoms with Crippen molar-refractivity contribution < 1.29 is 4.39 Å². The van der Waals surface area contributed by atoms with E-state index in [1.54, 1.807) is 6.07 Å². The maximum Gasteiger partial charge on any atom is 0.141 e. The van der Waals surface area contributed by atoms with E-state index in [4.69, 9.17) is 5.26 Å². The van der Waals surface area contributed by atoms with Crippen molar-refractivity contribution in [3.05, 3.63) is 53.3 Å². The molecule has 2 aromatic rings. The number of piperazine rings is 1. The van der Waals surface area contributed by atoms with E-state index in [0.29, 0.717) is 6.04 Å². The summed E-state index contributed by atoms with van der Waals surface area (Å²) in [6.07, 6.45) is 0. The molecule has 0 atom stereocenters. The Labute approximate surface area is 167 Å². The van der Waals surface area contributed by atoms with Gasteiger partial charge in [-0.25, -0.2) is 4.39 Å². The average molecular weight is 381 g/mol. The molecule has 1 fully saturated rings. The van der Waals surface area contributed by atoms with Gasteiger partial charge in [-0.1, -0.05) is 12.1 Å². The van der Waals surface area contributed by atoms with Gasteiger partial charge in [0.15, 0.2) is 0 Å². The predicted octanol–water partition coefficient (Wildman–Crippen LogP) is 3.96. The second-order valence-corrected chi connectivity index (χ2v) is 7.94. The molecular formula is C23H29FN4. The Morgan fingerprint density at radius 2 is 1.82 bits per heavy atom. The lowest BCUT2D eigenvalue weighted by Gasteiger charge is -2.33. The summed E-state index contributed by atoms with van der Waals surface area (Å²) < 4.78 is 14.3. The van der Waals surface area contributed by atoms with E-state index in [0.717, 1.165) is 49.5 Å². The average Bonchev–Trinajstić information content (AvgIpc) is 2.69. The van der Waals surface area contributed by atoms with Gasteiger partial charge in [0.25, 0.3) is 0 Å². The highest BCUT2D eigenvalue weighted by Gasteiger charge is 2.17. The first-order chi connectivity index (χ1) is 13.4. The number of hydrogen-bond donors (Lipinski definition) is 0. The zero-order valence-corrected chi connectivity index (χ0v) is 17.2. The van der Waals surface area contributed by atoms with Crippen LogP contribution in [-0.4, -0.2) is 56.1 Å². The monoisotopic (exact) mass is 380 g/mol. The SMILES string of the molecule is CC(C)N(C)c1ccc(CN2CCN(C)CC2)cc1-c1ccc(C#N)c(F)c1. The first-order valence-electron chi connectivity index (χ1n) is 9.85. The molecule has 0 spiro atoms. The maximum atomic E-state index is 14.3. The number of likely N-dealkylation sites (N-methyl/N-ethyl adjacent to an activating group) is 1. The summed E-state index contributed by atoms with van der Waals surface area (Å²) in [5.41, 5.74) is 4.19. The van der Waals surface area contributed by atoms with E-state index in [1.165, 1.54) is 11.6 Å². The molecule has 1 saturated heterocycles. The lowest BCUT2D eigenvalue weighted by atomic mass is 9.98. The van der Waals surface area contributed by atoms with Gasteiger partial charge in [0, 0.05) is 57.1 Å². The van der Waals surface area contributed by atoms with Gasteiger partial charge < -0.3 is 9.80 Å². The zero-order chi connectivity index (χ0) is 20.3. The van der Waals surface area contributed by atoms with Crippen LogP contribution < -0.4 is 4.90 Å². The second-order valence-electron chi connectivity index (χ2n) is 7.94. The molecule has 0 unspecified atom stereocenters. The summed E-state index contributed by atoms with van der Waals surface area (Å²) in [5.74, 6) is -0.470. The van der Waals surface area contributed by atoms with E-state index in [-0.39, 0.29) is 5.56 Å². The third kappa shape index (κ3) is 4.52. The number of nitrogens with zero attached hydrogens (tertiary/aromatic N) is 4. The molecule has 5 heteroatoms. The molecule has 1 heterocycles. The maximum absolute atomic E-state index is 14.3. The molecule has 1 aliphatic heterocycles. The lowest BCUT2D eigenvalue weighted by molar-refractivity contribution is 0.148. The highest BCUT2D eigenvalue weighted by atomic mass is 19.1. The summed E-state index contributed by atoms with van der Waals surface area (Å²) in [6.45, 7) is 9.47. The molecule has 0 bridgehead atoms. The Morgan fingerprint density at radius 1 is 1.11 bits per heavy atom. The van der Waals surface area contributed by atoms with Crippen molar-refractivity contribution in [3.63, 3.8) is 0 Å². The summed E-state index contributed by atoms with van der Waals surface area (Å²) in [6, 6.07) is 13.6. The predicted molar refractivity (Wildman–Crippen MR) is 113 cm³/mol. The van der Waals surface area contributed by atoms with Crippen LogP contribution in [0.25, 0.3) is 11.1 Å². The van der Waals surface area contributed by atoms with Crippen LogP contribution in [0.3, 0.4) is 0 Å². The molecule has 4 nitrogen and oxygen atoms in total. The highest BCUT2D eigenvalue weighted by Crippen LogP contribution is 2.33. The molecule has 3 rings (SSSR count). The van der Waals surface area contributed by atoms with Gasteiger partial charge in [0.1, 0.15) is 11.9 Å². The fraction of sp³-hybridized carbons (Fsp3) is 0.435. The molecule has 1 aliphatic rings. The molecule has 0 radical (unpaired) electrons. The number of benzene rings is 2. The normalized spacial score (nSPS) is 15.6. The quantitative estimate of drug-likeness (QED) is 0.786. The van der Waals surface area contributed by atoms with Gasteiger partial charge in [-0.15, -0.1) is 0 Å². The van der Waals surface area contributed by atoms with Gasteiger partial charge in [0.05, 0.1) is 5.56 Å². The van der Waals surface area contributed by atoms with Crippen LogP contribution in [0.2, 0.25) is 0 Å². The summed E-state index contributed by atoms with van der Waals surface area (Å²) >= 11 is 0. The first kappa shape index (κ1) is 20.3. The van der Waals surface area contributed by atoms with Crippen LogP contribution in [-0.2, 0) is 6.54 Å². The number of anilines is 1. The summed E-state index contributed by atoms with van der Waals surface area (Å²) in [4.78, 5) is 7.01. The summed E-state index contributed by atoms with van der Waals surface area (Å²) in [7, 11) is 4.22. The first-order valence-corrected chi connectivity index (χ1v) is 9.85. The standard InChI is InChI=1S/C23H29FN4/c1-17(2)27(4)23-8-5-18(16-28-11-9-26(3)10-12-28)13-21(23)19-6-7-20(15-25)22(24)14-19/h5-8,13-14,17H,9-12,16H2,1-4H3. The number of halogens is 1. The van der Waals surface area contributed by atoms with Gasteiger partial charge in [0.2, 0.25) is 0 Å². The molecular weight excluding hydrogens is 351 g/mol. The number of hydrogen-bond acceptors (Lipinski definition) is 4. The van der Waals surface area contributed by atoms with Gasteiger partial charge in [-0.05, 0) is 56.3 Å². The second kappa shape index (κ2) is 8.72. The van der Waals surface area contributed by atoms with Crippen molar-refractivity contribution >= 4 is 5.69 Å². The topological polar surface area (TPSA) is 33.5 Å². The van der Waals surface area contributed by atoms with E-state index < -0.39 is 5.82 Å². The third-order valence-corrected chi connectivity index (χ3v) is 5.62. The van der Waals surface area contributed by atoms with Crippen LogP contribution in [0.4, 0.5) is 10.1 Å². The van der Waals surface area contributed by atoms with Crippen LogP contribution in [0.15, 0.2) is 36.4 Å². The van der Waals surface area contributed by atoms with Crippen molar-refractivity contribution in [3.8, 4) is 17.2 Å². The number of nitriles is 1. The zero-order valence-electron chi connectivity index (χ0n) is 17.2. The largest absolute Gasteiger partial charge is 0.372 e. The fourth-order valence-electron chi connectivity index (χ4n) is 3.54. The van der Waals surface area contributed by atoms with Gasteiger partial charge >= 0.3 is 0 Å². The summed E-state index contributed by atoms with van der Waals surface area (Å²) in [5, 5.41) is 9.03. The third-order valence-electron chi connectivity index (χ3n) is 5.62. The van der Waals surface area contributed by atoms with Gasteiger partial charge in [-0.3, -0.25) is 4.90 Å². The van der Waals surface area contributed by atoms with Crippen LogP contribution in [0.1, 0.15) is 25.0 Å². The van der Waals surface area contributed by atoms with Crippen molar-refractivity contribution in [2.24, 2.45) is 0 Å². The van der Waals surface area contributed by atoms with Crippen molar-refractivity contribution in [1.29, 1.82) is 5.26 Å². The van der Waals surface area contributed by atoms with Crippen molar-refractivity contribution in [2.45, 2.75) is 26.4 Å². The van der Waals surface area contributed by atoms with Crippen molar-refractivity contribution in [1.82, 2.24) is 9.80 Å². The molecule has 28 heavy (non-hydrogen) atoms. The lowest BCUT2D eigenvalue weighted by Crippen LogP contribution is -2.43. The Kier molecular flexibility index (Phi) is 6.33. The fourth-order valence-corrected chi connectivity index (χ4v) is 3.54. The molecule has 0 aliphatic carbocycles. The van der Waals surface area contributed by atoms with E-state index >= 15 is 0 Å². The smallest absolute Gasteiger partial charge is 0.141 e. The Hall–Kier alpha value is -2.42. The molecule has 148 valence electrons. The van der Waals surface area contributed by atoms with Crippen LogP contribution in [0, 0.1) is 17.1 Å². The highest BCUT2D eigenvalue weighted by molar-refractivity contribution is 5.79. The van der Waals surface area contributed by atoms with E-state index in [9.17, 15) is 4.39 Å². The van der Waals surface area contributed by atoms with E-state index in [1.807, 2.05) is 12.1 Å². The minimum atomic E-state index is -0.470. The Morgan fingerprint density at radius 3 is 2.43 bits per heavy atom. The minimum Gasteiger partial charge on any atom is -0.372 e. The Bertz CT molecular complexity index is 863. The molecule has 0 N–H and O–H groups in total. The number of rotatable bonds is 5. The molecule has 0 saturated carbocycles. The van der Waals surface area contributed by atoms with Crippen molar-refractivity contribution in [2.75, 3.05) is 45.2 Å².